The maximum absolute atomic E-state index is 13.5. The van der Waals surface area contributed by atoms with Crippen LogP contribution < -0.4 is 5.32 Å². The molecular weight excluding hydrogens is 287 g/mol. The molecule has 1 aromatic heterocycles. The van der Waals surface area contributed by atoms with Crippen LogP contribution in [0.4, 0.5) is 15.9 Å². The number of halogens is 2. The largest absolute Gasteiger partial charge is 0.334 e. The second kappa shape index (κ2) is 4.89. The number of nitrogens with zero attached hydrogens (tertiary/aromatic N) is 3. The SMILES string of the molecule is N#Cc1ccnnc1Nc1c(F)cccc1Br. The first-order valence-corrected chi connectivity index (χ1v) is 5.44. The lowest BCUT2D eigenvalue weighted by molar-refractivity contribution is 0.631. The van der Waals surface area contributed by atoms with E-state index in [9.17, 15) is 4.39 Å². The van der Waals surface area contributed by atoms with E-state index in [1.165, 1.54) is 18.3 Å². The molecule has 0 saturated carbocycles. The third kappa shape index (κ3) is 2.40. The summed E-state index contributed by atoms with van der Waals surface area (Å²) < 4.78 is 14.1. The van der Waals surface area contributed by atoms with Gasteiger partial charge in [0.1, 0.15) is 11.9 Å². The van der Waals surface area contributed by atoms with Crippen molar-refractivity contribution in [1.29, 1.82) is 5.26 Å². The van der Waals surface area contributed by atoms with Gasteiger partial charge in [-0.05, 0) is 34.1 Å². The van der Waals surface area contributed by atoms with Crippen molar-refractivity contribution in [2.75, 3.05) is 5.32 Å². The van der Waals surface area contributed by atoms with Crippen molar-refractivity contribution in [2.24, 2.45) is 0 Å². The third-order valence-corrected chi connectivity index (χ3v) is 2.71. The van der Waals surface area contributed by atoms with Gasteiger partial charge in [0.15, 0.2) is 5.82 Å². The molecule has 0 amide bonds. The Hall–Kier alpha value is -2.00. The fourth-order valence-electron chi connectivity index (χ4n) is 1.25. The van der Waals surface area contributed by atoms with Crippen molar-refractivity contribution in [3.05, 3.63) is 46.3 Å². The van der Waals surface area contributed by atoms with Crippen LogP contribution in [-0.4, -0.2) is 10.2 Å². The quantitative estimate of drug-likeness (QED) is 0.924. The molecule has 0 aliphatic rings. The first kappa shape index (κ1) is 11.5. The van der Waals surface area contributed by atoms with Crippen LogP contribution in [-0.2, 0) is 0 Å². The number of hydrogen-bond donors (Lipinski definition) is 1. The molecular formula is C11H6BrFN4. The van der Waals surface area contributed by atoms with E-state index in [0.717, 1.165) is 0 Å². The number of para-hydroxylation sites is 1. The number of nitriles is 1. The summed E-state index contributed by atoms with van der Waals surface area (Å²) in [5.41, 5.74) is 0.527. The molecule has 17 heavy (non-hydrogen) atoms. The molecule has 0 saturated heterocycles. The zero-order valence-corrected chi connectivity index (χ0v) is 10.1. The van der Waals surface area contributed by atoms with Gasteiger partial charge in [0, 0.05) is 4.47 Å². The Kier molecular flexibility index (Phi) is 3.30. The molecule has 0 radical (unpaired) electrons. The Labute approximate surface area is 105 Å². The van der Waals surface area contributed by atoms with E-state index in [4.69, 9.17) is 5.26 Å². The Morgan fingerprint density at radius 2 is 2.18 bits per heavy atom. The van der Waals surface area contributed by atoms with E-state index in [-0.39, 0.29) is 11.5 Å². The average Bonchev–Trinajstić information content (AvgIpc) is 2.34. The molecule has 0 unspecified atom stereocenters. The number of benzene rings is 1. The van der Waals surface area contributed by atoms with Crippen LogP contribution in [0.5, 0.6) is 0 Å². The van der Waals surface area contributed by atoms with Gasteiger partial charge in [0.25, 0.3) is 0 Å². The topological polar surface area (TPSA) is 61.6 Å². The van der Waals surface area contributed by atoms with E-state index < -0.39 is 5.82 Å². The molecule has 0 aliphatic heterocycles. The van der Waals surface area contributed by atoms with Crippen molar-refractivity contribution in [3.8, 4) is 6.07 Å². The minimum Gasteiger partial charge on any atom is -0.334 e. The summed E-state index contributed by atoms with van der Waals surface area (Å²) in [5, 5.41) is 19.0. The van der Waals surface area contributed by atoms with Crippen molar-refractivity contribution in [3.63, 3.8) is 0 Å². The van der Waals surface area contributed by atoms with Gasteiger partial charge in [-0.2, -0.15) is 10.4 Å². The minimum atomic E-state index is -0.436. The van der Waals surface area contributed by atoms with Crippen molar-refractivity contribution < 1.29 is 4.39 Å². The maximum Gasteiger partial charge on any atom is 0.171 e. The van der Waals surface area contributed by atoms with Gasteiger partial charge in [-0.25, -0.2) is 4.39 Å². The Morgan fingerprint density at radius 1 is 1.35 bits per heavy atom. The van der Waals surface area contributed by atoms with Crippen molar-refractivity contribution in [1.82, 2.24) is 10.2 Å². The highest BCUT2D eigenvalue weighted by atomic mass is 79.9. The molecule has 6 heteroatoms. The molecule has 84 valence electrons. The number of rotatable bonds is 2. The number of nitrogens with one attached hydrogen (secondary N) is 1. The number of aromatic nitrogens is 2. The smallest absolute Gasteiger partial charge is 0.171 e. The number of anilines is 2. The van der Waals surface area contributed by atoms with Gasteiger partial charge in [-0.3, -0.25) is 0 Å². The highest BCUT2D eigenvalue weighted by Crippen LogP contribution is 2.28. The van der Waals surface area contributed by atoms with E-state index in [0.29, 0.717) is 10.0 Å². The van der Waals surface area contributed by atoms with Crippen LogP contribution in [0.15, 0.2) is 34.9 Å². The summed E-state index contributed by atoms with van der Waals surface area (Å²) in [7, 11) is 0. The summed E-state index contributed by atoms with van der Waals surface area (Å²) in [6, 6.07) is 8.04. The van der Waals surface area contributed by atoms with Gasteiger partial charge >= 0.3 is 0 Å². The summed E-state index contributed by atoms with van der Waals surface area (Å²) in [6.45, 7) is 0. The fourth-order valence-corrected chi connectivity index (χ4v) is 1.69. The lowest BCUT2D eigenvalue weighted by Crippen LogP contribution is -2.00. The second-order valence-corrected chi connectivity index (χ2v) is 3.98. The zero-order chi connectivity index (χ0) is 12.3. The van der Waals surface area contributed by atoms with E-state index >= 15 is 0 Å². The first-order valence-electron chi connectivity index (χ1n) is 4.65. The Bertz CT molecular complexity index is 574. The zero-order valence-electron chi connectivity index (χ0n) is 8.48. The molecule has 0 fully saturated rings. The second-order valence-electron chi connectivity index (χ2n) is 3.13. The summed E-state index contributed by atoms with van der Waals surface area (Å²) in [4.78, 5) is 0. The van der Waals surface area contributed by atoms with Crippen LogP contribution in [0.25, 0.3) is 0 Å². The van der Waals surface area contributed by atoms with Crippen LogP contribution in [0.3, 0.4) is 0 Å². The van der Waals surface area contributed by atoms with Gasteiger partial charge in [0.2, 0.25) is 0 Å². The molecule has 1 N–H and O–H groups in total. The third-order valence-electron chi connectivity index (χ3n) is 2.05. The fraction of sp³-hybridized carbons (Fsp3) is 0. The van der Waals surface area contributed by atoms with Gasteiger partial charge in [-0.1, -0.05) is 6.07 Å². The summed E-state index contributed by atoms with van der Waals surface area (Å²) in [5.74, 6) is -0.213. The van der Waals surface area contributed by atoms with Crippen molar-refractivity contribution in [2.45, 2.75) is 0 Å². The highest BCUT2D eigenvalue weighted by molar-refractivity contribution is 9.10. The predicted molar refractivity (Wildman–Crippen MR) is 64.1 cm³/mol. The van der Waals surface area contributed by atoms with Crippen LogP contribution in [0, 0.1) is 17.1 Å². The van der Waals surface area contributed by atoms with Crippen LogP contribution >= 0.6 is 15.9 Å². The lowest BCUT2D eigenvalue weighted by atomic mass is 10.2. The predicted octanol–water partition coefficient (Wildman–Crippen LogP) is 2.99. The monoisotopic (exact) mass is 292 g/mol. The molecule has 0 aliphatic carbocycles. The molecule has 4 nitrogen and oxygen atoms in total. The molecule has 1 aromatic carbocycles. The van der Waals surface area contributed by atoms with E-state index in [2.05, 4.69) is 31.4 Å². The standard InChI is InChI=1S/C11H6BrFN4/c12-8-2-1-3-9(13)10(8)16-11-7(6-14)4-5-15-17-11/h1-5H,(H,16,17). The molecule has 0 atom stereocenters. The Balaban J connectivity index is 2.42. The lowest BCUT2D eigenvalue weighted by Gasteiger charge is -2.08. The van der Waals surface area contributed by atoms with Crippen LogP contribution in [0.2, 0.25) is 0 Å². The maximum atomic E-state index is 13.5. The van der Waals surface area contributed by atoms with E-state index in [1.807, 2.05) is 6.07 Å². The van der Waals surface area contributed by atoms with E-state index in [1.54, 1.807) is 12.1 Å². The molecule has 0 spiro atoms. The minimum absolute atomic E-state index is 0.223. The number of hydrogen-bond acceptors (Lipinski definition) is 4. The van der Waals surface area contributed by atoms with Gasteiger partial charge < -0.3 is 5.32 Å². The summed E-state index contributed by atoms with van der Waals surface area (Å²) >= 11 is 3.22. The molecule has 1 heterocycles. The van der Waals surface area contributed by atoms with Crippen molar-refractivity contribution >= 4 is 27.4 Å². The van der Waals surface area contributed by atoms with Gasteiger partial charge in [0.05, 0.1) is 17.4 Å². The molecule has 2 aromatic rings. The summed E-state index contributed by atoms with van der Waals surface area (Å²) in [6.07, 6.45) is 1.40. The average molecular weight is 293 g/mol. The first-order chi connectivity index (χ1) is 8.22. The molecule has 0 bridgehead atoms. The normalized spacial score (nSPS) is 9.71. The molecule has 2 rings (SSSR count). The van der Waals surface area contributed by atoms with Crippen LogP contribution in [0.1, 0.15) is 5.56 Å². The Morgan fingerprint density at radius 3 is 2.88 bits per heavy atom. The van der Waals surface area contributed by atoms with Gasteiger partial charge in [-0.15, -0.1) is 5.10 Å². The highest BCUT2D eigenvalue weighted by Gasteiger charge is 2.10.